The summed E-state index contributed by atoms with van der Waals surface area (Å²) in [7, 11) is 2.16. The first-order valence-corrected chi connectivity index (χ1v) is 11.8. The Hall–Kier alpha value is -3.22. The number of nitriles is 1. The van der Waals surface area contributed by atoms with Crippen LogP contribution in [0.15, 0.2) is 30.6 Å². The van der Waals surface area contributed by atoms with E-state index in [1.165, 1.54) is 12.8 Å². The van der Waals surface area contributed by atoms with Gasteiger partial charge in [0.1, 0.15) is 18.4 Å². The minimum absolute atomic E-state index is 0.137. The molecule has 5 rings (SSSR count). The van der Waals surface area contributed by atoms with E-state index in [2.05, 4.69) is 47.8 Å². The van der Waals surface area contributed by atoms with Crippen LogP contribution in [-0.2, 0) is 0 Å². The number of ether oxygens (including phenoxy) is 1. The highest BCUT2D eigenvalue weighted by Crippen LogP contribution is 2.34. The Morgan fingerprint density at radius 2 is 1.91 bits per heavy atom. The summed E-state index contributed by atoms with van der Waals surface area (Å²) in [4.78, 5) is 18.3. The van der Waals surface area contributed by atoms with E-state index in [1.807, 2.05) is 30.6 Å². The monoisotopic (exact) mass is 446 g/mol. The summed E-state index contributed by atoms with van der Waals surface area (Å²) in [5.74, 6) is 1.42. The van der Waals surface area contributed by atoms with E-state index in [0.717, 1.165) is 57.0 Å². The Morgan fingerprint density at radius 1 is 1.12 bits per heavy atom. The van der Waals surface area contributed by atoms with E-state index >= 15 is 0 Å². The van der Waals surface area contributed by atoms with Crippen LogP contribution in [0.5, 0.6) is 5.75 Å². The van der Waals surface area contributed by atoms with Gasteiger partial charge in [0.2, 0.25) is 5.82 Å². The number of rotatable bonds is 7. The molecule has 0 unspecified atom stereocenters. The molecule has 9 nitrogen and oxygen atoms in total. The summed E-state index contributed by atoms with van der Waals surface area (Å²) < 4.78 is 8.25. The molecule has 1 N–H and O–H groups in total. The van der Waals surface area contributed by atoms with Crippen molar-refractivity contribution in [3.05, 3.63) is 36.4 Å². The molecular formula is C24H30N8O. The number of hydrogen-bond acceptors (Lipinski definition) is 8. The van der Waals surface area contributed by atoms with Gasteiger partial charge < -0.3 is 19.5 Å². The summed E-state index contributed by atoms with van der Waals surface area (Å²) >= 11 is 0. The highest BCUT2D eigenvalue weighted by atomic mass is 16.5. The van der Waals surface area contributed by atoms with Crippen LogP contribution in [0, 0.1) is 11.3 Å². The van der Waals surface area contributed by atoms with E-state index in [9.17, 15) is 5.26 Å². The maximum Gasteiger partial charge on any atom is 0.236 e. The van der Waals surface area contributed by atoms with E-state index < -0.39 is 0 Å². The van der Waals surface area contributed by atoms with E-state index in [1.54, 1.807) is 0 Å². The molecule has 0 spiro atoms. The number of imidazole rings is 1. The minimum atomic E-state index is 0.137. The first kappa shape index (κ1) is 21.6. The van der Waals surface area contributed by atoms with Crippen LogP contribution in [0.2, 0.25) is 0 Å². The van der Waals surface area contributed by atoms with Crippen LogP contribution >= 0.6 is 0 Å². The topological polar surface area (TPSA) is 95.1 Å². The van der Waals surface area contributed by atoms with Crippen LogP contribution in [0.4, 0.5) is 11.5 Å². The second-order valence-corrected chi connectivity index (χ2v) is 8.88. The molecule has 3 heterocycles. The normalized spacial score (nSPS) is 17.9. The smallest absolute Gasteiger partial charge is 0.236 e. The summed E-state index contributed by atoms with van der Waals surface area (Å²) in [6.07, 6.45) is 6.49. The van der Waals surface area contributed by atoms with Gasteiger partial charge in [-0.15, -0.1) is 0 Å². The van der Waals surface area contributed by atoms with Crippen molar-refractivity contribution >= 4 is 22.7 Å². The van der Waals surface area contributed by atoms with Gasteiger partial charge in [-0.2, -0.15) is 15.2 Å². The van der Waals surface area contributed by atoms with Crippen molar-refractivity contribution in [1.29, 1.82) is 5.26 Å². The maximum absolute atomic E-state index is 9.53. The molecule has 1 saturated carbocycles. The van der Waals surface area contributed by atoms with Crippen molar-refractivity contribution in [3.63, 3.8) is 0 Å². The molecule has 0 bridgehead atoms. The van der Waals surface area contributed by atoms with Crippen LogP contribution in [0.25, 0.3) is 11.2 Å². The van der Waals surface area contributed by atoms with Crippen molar-refractivity contribution in [1.82, 2.24) is 29.3 Å². The molecule has 1 aliphatic carbocycles. The predicted octanol–water partition coefficient (Wildman–Crippen LogP) is 3.18. The number of aromatic nitrogens is 4. The van der Waals surface area contributed by atoms with Crippen molar-refractivity contribution in [3.8, 4) is 11.8 Å². The number of nitrogens with zero attached hydrogens (tertiary/aromatic N) is 7. The number of anilines is 2. The first-order chi connectivity index (χ1) is 16.2. The largest absolute Gasteiger partial charge is 0.490 e. The van der Waals surface area contributed by atoms with Gasteiger partial charge in [-0.3, -0.25) is 4.90 Å². The lowest BCUT2D eigenvalue weighted by Crippen LogP contribution is -2.45. The van der Waals surface area contributed by atoms with Crippen molar-refractivity contribution in [2.45, 2.75) is 31.7 Å². The zero-order valence-electron chi connectivity index (χ0n) is 19.1. The second-order valence-electron chi connectivity index (χ2n) is 8.88. The number of benzene rings is 1. The number of fused-ring (bicyclic) bond motifs is 1. The lowest BCUT2D eigenvalue weighted by molar-refractivity contribution is 0.134. The molecule has 2 fully saturated rings. The third kappa shape index (κ3) is 4.77. The summed E-state index contributed by atoms with van der Waals surface area (Å²) in [6, 6.07) is 10.3. The average molecular weight is 447 g/mol. The molecule has 2 aliphatic rings. The Kier molecular flexibility index (Phi) is 6.37. The third-order valence-electron chi connectivity index (χ3n) is 6.64. The van der Waals surface area contributed by atoms with Gasteiger partial charge in [-0.25, -0.2) is 4.98 Å². The molecule has 0 amide bonds. The summed E-state index contributed by atoms with van der Waals surface area (Å²) in [6.45, 7) is 5.83. The zero-order chi connectivity index (χ0) is 22.6. The quantitative estimate of drug-likeness (QED) is 0.591. The van der Waals surface area contributed by atoms with Crippen LogP contribution < -0.4 is 10.1 Å². The van der Waals surface area contributed by atoms with E-state index in [0.29, 0.717) is 29.6 Å². The lowest BCUT2D eigenvalue weighted by Gasteiger charge is -2.32. The molecule has 9 heteroatoms. The number of hydrogen-bond donors (Lipinski definition) is 1. The minimum Gasteiger partial charge on any atom is -0.490 e. The standard InChI is InChI=1S/C24H30N8O/c1-30-10-12-31(13-11-30)14-15-33-20-9-5-4-8-19(20)27-23-22-24(29-21(16-25)28-23)32(17-26-22)18-6-2-3-7-18/h4-5,8-9,17-18H,2-3,6-7,10-15H2,1H3,(H,27,28,29). The number of likely N-dealkylation sites (N-methyl/N-ethyl adjacent to an activating group) is 1. The molecule has 2 aromatic heterocycles. The predicted molar refractivity (Wildman–Crippen MR) is 127 cm³/mol. The molecule has 1 saturated heterocycles. The maximum atomic E-state index is 9.53. The van der Waals surface area contributed by atoms with E-state index in [4.69, 9.17) is 4.74 Å². The fourth-order valence-electron chi connectivity index (χ4n) is 4.68. The molecule has 3 aromatic rings. The van der Waals surface area contributed by atoms with Gasteiger partial charge in [-0.1, -0.05) is 25.0 Å². The molecule has 0 atom stereocenters. The number of para-hydroxylation sites is 2. The van der Waals surface area contributed by atoms with Gasteiger partial charge in [0.05, 0.1) is 12.0 Å². The van der Waals surface area contributed by atoms with Crippen LogP contribution in [-0.4, -0.2) is 75.7 Å². The average Bonchev–Trinajstić information content (AvgIpc) is 3.51. The Labute approximate surface area is 194 Å². The SMILES string of the molecule is CN1CCN(CCOc2ccccc2Nc2nc(C#N)nc3c2ncn3C2CCCC2)CC1. The van der Waals surface area contributed by atoms with Crippen molar-refractivity contribution in [2.24, 2.45) is 0 Å². The molecule has 1 aromatic carbocycles. The Bertz CT molecular complexity index is 1140. The molecule has 1 aliphatic heterocycles. The van der Waals surface area contributed by atoms with Gasteiger partial charge in [-0.05, 0) is 32.0 Å². The number of nitrogens with one attached hydrogen (secondary N) is 1. The highest BCUT2D eigenvalue weighted by Gasteiger charge is 2.22. The molecule has 172 valence electrons. The van der Waals surface area contributed by atoms with Crippen molar-refractivity contribution in [2.75, 3.05) is 51.7 Å². The van der Waals surface area contributed by atoms with Crippen LogP contribution in [0.1, 0.15) is 37.5 Å². The first-order valence-electron chi connectivity index (χ1n) is 11.8. The number of piperazine rings is 1. The molecular weight excluding hydrogens is 416 g/mol. The van der Waals surface area contributed by atoms with Crippen LogP contribution in [0.3, 0.4) is 0 Å². The zero-order valence-corrected chi connectivity index (χ0v) is 19.1. The molecule has 0 radical (unpaired) electrons. The van der Waals surface area contributed by atoms with Gasteiger partial charge >= 0.3 is 0 Å². The van der Waals surface area contributed by atoms with Gasteiger partial charge in [0.15, 0.2) is 17.0 Å². The summed E-state index contributed by atoms with van der Waals surface area (Å²) in [5, 5.41) is 12.9. The van der Waals surface area contributed by atoms with E-state index in [-0.39, 0.29) is 5.82 Å². The second kappa shape index (κ2) is 9.73. The third-order valence-corrected chi connectivity index (χ3v) is 6.64. The summed E-state index contributed by atoms with van der Waals surface area (Å²) in [5.41, 5.74) is 2.19. The molecule has 33 heavy (non-hydrogen) atoms. The Balaban J connectivity index is 1.35. The van der Waals surface area contributed by atoms with Crippen molar-refractivity contribution < 1.29 is 4.74 Å². The highest BCUT2D eigenvalue weighted by molar-refractivity contribution is 5.86. The van der Waals surface area contributed by atoms with Gasteiger partial charge in [0, 0.05) is 38.8 Å². The van der Waals surface area contributed by atoms with Gasteiger partial charge in [0.25, 0.3) is 0 Å². The fraction of sp³-hybridized carbons (Fsp3) is 0.500. The lowest BCUT2D eigenvalue weighted by atomic mass is 10.2. The fourth-order valence-corrected chi connectivity index (χ4v) is 4.68. The Morgan fingerprint density at radius 3 is 2.70 bits per heavy atom.